The number of fused-ring (bicyclic) bond motifs is 3. The number of aromatic hydroxyl groups is 3. The molecule has 5 N–H and O–H groups in total. The van der Waals surface area contributed by atoms with Gasteiger partial charge in [0, 0.05) is 23.6 Å². The first-order valence-corrected chi connectivity index (χ1v) is 12.7. The van der Waals surface area contributed by atoms with E-state index in [1.807, 2.05) is 6.92 Å². The van der Waals surface area contributed by atoms with Gasteiger partial charge in [-0.05, 0) is 71.6 Å². The summed E-state index contributed by atoms with van der Waals surface area (Å²) in [5, 5.41) is 53.4. The van der Waals surface area contributed by atoms with E-state index in [4.69, 9.17) is 4.74 Å². The number of carboxylic acids is 1. The van der Waals surface area contributed by atoms with Crippen LogP contribution in [0.5, 0.6) is 23.1 Å². The normalized spacial score (nSPS) is 19.2. The van der Waals surface area contributed by atoms with Crippen LogP contribution in [0.15, 0.2) is 53.8 Å². The number of benzene rings is 2. The SMILES string of the molecule is CC(C)=CCCC(C)=CCCC1(C)Oc2c(c(O)cc3c(O)n(-c4cccc(C(=O)O)c4O)cc23)CC1O. The molecule has 2 unspecified atom stereocenters. The molecule has 2 heterocycles. The second kappa shape index (κ2) is 10.5. The first-order chi connectivity index (χ1) is 17.9. The molecule has 38 heavy (non-hydrogen) atoms. The molecule has 2 aromatic carbocycles. The Labute approximate surface area is 221 Å². The van der Waals surface area contributed by atoms with Gasteiger partial charge in [0.1, 0.15) is 22.7 Å². The van der Waals surface area contributed by atoms with E-state index >= 15 is 0 Å². The van der Waals surface area contributed by atoms with Crippen molar-refractivity contribution in [2.24, 2.45) is 0 Å². The summed E-state index contributed by atoms with van der Waals surface area (Å²) in [7, 11) is 0. The van der Waals surface area contributed by atoms with Crippen molar-refractivity contribution in [3.8, 4) is 28.8 Å². The van der Waals surface area contributed by atoms with Crippen LogP contribution in [0, 0.1) is 0 Å². The van der Waals surface area contributed by atoms with Crippen molar-refractivity contribution in [3.05, 3.63) is 64.9 Å². The van der Waals surface area contributed by atoms with Crippen molar-refractivity contribution >= 4 is 16.7 Å². The Kier molecular flexibility index (Phi) is 7.47. The van der Waals surface area contributed by atoms with E-state index in [2.05, 4.69) is 32.9 Å². The zero-order valence-corrected chi connectivity index (χ0v) is 22.2. The number of hydrogen-bond acceptors (Lipinski definition) is 6. The Morgan fingerprint density at radius 3 is 2.55 bits per heavy atom. The summed E-state index contributed by atoms with van der Waals surface area (Å²) in [6.45, 7) is 8.09. The van der Waals surface area contributed by atoms with E-state index in [9.17, 15) is 30.3 Å². The lowest BCUT2D eigenvalue weighted by atomic mass is 9.84. The lowest BCUT2D eigenvalue weighted by molar-refractivity contribution is -0.0581. The van der Waals surface area contributed by atoms with Gasteiger partial charge in [-0.25, -0.2) is 4.79 Å². The van der Waals surface area contributed by atoms with Gasteiger partial charge in [-0.2, -0.15) is 0 Å². The molecular weight excluding hydrogens is 486 g/mol. The van der Waals surface area contributed by atoms with Gasteiger partial charge in [0.05, 0.1) is 17.2 Å². The molecule has 0 saturated carbocycles. The minimum absolute atomic E-state index is 0.0687. The molecule has 1 aliphatic rings. The minimum Gasteiger partial charge on any atom is -0.508 e. The molecule has 0 spiro atoms. The molecule has 0 amide bonds. The third-order valence-electron chi connectivity index (χ3n) is 7.29. The first kappa shape index (κ1) is 27.1. The zero-order valence-electron chi connectivity index (χ0n) is 22.2. The maximum atomic E-state index is 11.5. The number of ether oxygens (including phenoxy) is 1. The smallest absolute Gasteiger partial charge is 0.339 e. The van der Waals surface area contributed by atoms with E-state index in [-0.39, 0.29) is 34.7 Å². The van der Waals surface area contributed by atoms with Gasteiger partial charge in [-0.15, -0.1) is 0 Å². The van der Waals surface area contributed by atoms with Crippen molar-refractivity contribution in [2.75, 3.05) is 0 Å². The molecule has 202 valence electrons. The number of carboxylic acid groups (broad SMARTS) is 1. The predicted octanol–water partition coefficient (Wildman–Crippen LogP) is 5.97. The maximum Gasteiger partial charge on any atom is 0.339 e. The van der Waals surface area contributed by atoms with Gasteiger partial charge in [0.2, 0.25) is 5.88 Å². The molecule has 0 aliphatic carbocycles. The second-order valence-electron chi connectivity index (χ2n) is 10.5. The number of rotatable bonds is 8. The lowest BCUT2D eigenvalue weighted by Crippen LogP contribution is -2.48. The number of aliphatic hydroxyl groups is 1. The van der Waals surface area contributed by atoms with E-state index in [1.165, 1.54) is 46.2 Å². The Balaban J connectivity index is 1.68. The van der Waals surface area contributed by atoms with E-state index < -0.39 is 23.4 Å². The average molecular weight is 522 g/mol. The monoisotopic (exact) mass is 521 g/mol. The number of allylic oxidation sites excluding steroid dienone is 4. The number of carbonyl (C=O) groups is 1. The molecule has 0 radical (unpaired) electrons. The minimum atomic E-state index is -1.30. The molecule has 1 aliphatic heterocycles. The fourth-order valence-corrected chi connectivity index (χ4v) is 4.96. The van der Waals surface area contributed by atoms with Crippen molar-refractivity contribution in [1.82, 2.24) is 4.57 Å². The summed E-state index contributed by atoms with van der Waals surface area (Å²) in [4.78, 5) is 11.5. The van der Waals surface area contributed by atoms with Crippen LogP contribution in [0.1, 0.15) is 69.3 Å². The molecule has 0 bridgehead atoms. The predicted molar refractivity (Wildman–Crippen MR) is 146 cm³/mol. The number of para-hydroxylation sites is 1. The highest BCUT2D eigenvalue weighted by atomic mass is 16.5. The fraction of sp³-hybridized carbons (Fsp3) is 0.367. The summed E-state index contributed by atoms with van der Waals surface area (Å²) in [5.41, 5.74) is 1.81. The van der Waals surface area contributed by atoms with Gasteiger partial charge in [0.25, 0.3) is 0 Å². The Hall–Kier alpha value is -3.91. The molecule has 3 aromatic rings. The van der Waals surface area contributed by atoms with Gasteiger partial charge < -0.3 is 30.3 Å². The van der Waals surface area contributed by atoms with Crippen LogP contribution in [0.2, 0.25) is 0 Å². The van der Waals surface area contributed by atoms with Crippen LogP contribution in [-0.4, -0.2) is 47.8 Å². The Morgan fingerprint density at radius 1 is 1.13 bits per heavy atom. The lowest BCUT2D eigenvalue weighted by Gasteiger charge is -2.40. The number of phenolic OH excluding ortho intramolecular Hbond substituents is 1. The Bertz CT molecular complexity index is 1440. The number of aliphatic hydroxyl groups excluding tert-OH is 1. The highest BCUT2D eigenvalue weighted by molar-refractivity contribution is 5.97. The summed E-state index contributed by atoms with van der Waals surface area (Å²) in [5.74, 6) is -1.87. The van der Waals surface area contributed by atoms with Crippen LogP contribution in [-0.2, 0) is 6.42 Å². The van der Waals surface area contributed by atoms with Crippen LogP contribution >= 0.6 is 0 Å². The second-order valence-corrected chi connectivity index (χ2v) is 10.5. The van der Waals surface area contributed by atoms with Crippen LogP contribution in [0.3, 0.4) is 0 Å². The largest absolute Gasteiger partial charge is 0.508 e. The Morgan fingerprint density at radius 2 is 1.87 bits per heavy atom. The molecular formula is C30H35NO7. The summed E-state index contributed by atoms with van der Waals surface area (Å²) < 4.78 is 7.65. The molecule has 8 heteroatoms. The third-order valence-corrected chi connectivity index (χ3v) is 7.29. The standard InChI is InChI=1S/C30H35NO7/c1-17(2)8-5-9-18(3)10-7-13-30(4)25(33)15-21-24(32)14-20-22(27(21)38-30)16-31(28(20)35)23-12-6-11-19(26(23)34)29(36)37/h6,8,10-12,14,16,25,32-35H,5,7,9,13,15H2,1-4H3,(H,36,37). The summed E-state index contributed by atoms with van der Waals surface area (Å²) >= 11 is 0. The van der Waals surface area contributed by atoms with Crippen LogP contribution in [0.4, 0.5) is 0 Å². The van der Waals surface area contributed by atoms with Gasteiger partial charge in [-0.3, -0.25) is 4.57 Å². The van der Waals surface area contributed by atoms with Crippen molar-refractivity contribution in [2.45, 2.75) is 71.5 Å². The van der Waals surface area contributed by atoms with E-state index in [1.54, 1.807) is 0 Å². The molecule has 1 aromatic heterocycles. The van der Waals surface area contributed by atoms with E-state index in [0.717, 1.165) is 12.8 Å². The van der Waals surface area contributed by atoms with Gasteiger partial charge >= 0.3 is 5.97 Å². The number of phenols is 2. The quantitative estimate of drug-likeness (QED) is 0.231. The molecule has 2 atom stereocenters. The zero-order chi connectivity index (χ0) is 27.8. The highest BCUT2D eigenvalue weighted by Gasteiger charge is 2.41. The number of aromatic nitrogens is 1. The molecule has 4 rings (SSSR count). The number of nitrogens with zero attached hydrogens (tertiary/aromatic N) is 1. The third kappa shape index (κ3) is 5.09. The number of aromatic carboxylic acids is 1. The van der Waals surface area contributed by atoms with Crippen molar-refractivity contribution < 1.29 is 35.1 Å². The maximum absolute atomic E-state index is 11.5. The summed E-state index contributed by atoms with van der Waals surface area (Å²) in [6.07, 6.45) is 8.41. The fourth-order valence-electron chi connectivity index (χ4n) is 4.96. The highest BCUT2D eigenvalue weighted by Crippen LogP contribution is 2.48. The molecule has 0 fully saturated rings. The topological polar surface area (TPSA) is 132 Å². The van der Waals surface area contributed by atoms with Crippen LogP contribution in [0.25, 0.3) is 16.5 Å². The van der Waals surface area contributed by atoms with Gasteiger partial charge in [-0.1, -0.05) is 29.4 Å². The first-order valence-electron chi connectivity index (χ1n) is 12.7. The summed E-state index contributed by atoms with van der Waals surface area (Å²) in [6, 6.07) is 5.60. The van der Waals surface area contributed by atoms with Gasteiger partial charge in [0.15, 0.2) is 5.75 Å². The average Bonchev–Trinajstić information content (AvgIpc) is 3.16. The van der Waals surface area contributed by atoms with E-state index in [0.29, 0.717) is 29.5 Å². The molecule has 8 nitrogen and oxygen atoms in total. The van der Waals surface area contributed by atoms with Crippen molar-refractivity contribution in [3.63, 3.8) is 0 Å². The van der Waals surface area contributed by atoms with Crippen LogP contribution < -0.4 is 4.74 Å². The number of hydrogen-bond donors (Lipinski definition) is 5. The molecule has 0 saturated heterocycles. The van der Waals surface area contributed by atoms with Crippen molar-refractivity contribution in [1.29, 1.82) is 0 Å².